The van der Waals surface area contributed by atoms with E-state index in [1.54, 1.807) is 11.0 Å². The second-order valence-corrected chi connectivity index (χ2v) is 11.2. The zero-order valence-corrected chi connectivity index (χ0v) is 21.1. The number of amides is 3. The molecule has 2 atom stereocenters. The van der Waals surface area contributed by atoms with Gasteiger partial charge in [-0.25, -0.2) is 0 Å². The topological polar surface area (TPSA) is 95.7 Å². The minimum atomic E-state index is -0.252. The van der Waals surface area contributed by atoms with Crippen molar-refractivity contribution in [1.29, 1.82) is 0 Å². The molecule has 1 aromatic heterocycles. The van der Waals surface area contributed by atoms with Crippen LogP contribution in [0.2, 0.25) is 0 Å². The number of aryl methyl sites for hydroxylation is 1. The van der Waals surface area contributed by atoms with Gasteiger partial charge in [-0.15, -0.1) is 11.3 Å². The monoisotopic (exact) mass is 532 g/mol. The van der Waals surface area contributed by atoms with Crippen molar-refractivity contribution in [3.05, 3.63) is 50.1 Å². The van der Waals surface area contributed by atoms with Crippen LogP contribution in [0.15, 0.2) is 34.1 Å². The summed E-state index contributed by atoms with van der Waals surface area (Å²) in [6.07, 6.45) is 4.22. The molecule has 7 nitrogen and oxygen atoms in total. The van der Waals surface area contributed by atoms with Crippen molar-refractivity contribution in [2.75, 3.05) is 24.5 Å². The zero-order chi connectivity index (χ0) is 23.5. The van der Waals surface area contributed by atoms with Crippen molar-refractivity contribution < 1.29 is 14.4 Å². The number of hydrogen-bond donors (Lipinski definition) is 2. The number of nitrogens with one attached hydrogen (secondary N) is 1. The van der Waals surface area contributed by atoms with E-state index < -0.39 is 0 Å². The largest absolute Gasteiger partial charge is 0.346 e. The maximum absolute atomic E-state index is 13.3. The predicted molar refractivity (Wildman–Crippen MR) is 134 cm³/mol. The minimum Gasteiger partial charge on any atom is -0.346 e. The van der Waals surface area contributed by atoms with Crippen LogP contribution in [0.25, 0.3) is 0 Å². The minimum absolute atomic E-state index is 0.0369. The smallest absolute Gasteiger partial charge is 0.261 e. The maximum atomic E-state index is 13.3. The van der Waals surface area contributed by atoms with Gasteiger partial charge in [-0.2, -0.15) is 0 Å². The average molecular weight is 533 g/mol. The number of piperidine rings is 1. The number of carbonyl (C=O) groups is 3. The summed E-state index contributed by atoms with van der Waals surface area (Å²) in [5, 5.41) is 2.96. The van der Waals surface area contributed by atoms with E-state index in [1.807, 2.05) is 36.1 Å². The molecular weight excluding hydrogens is 504 g/mol. The molecular formula is C24H29BrN4O3S. The highest BCUT2D eigenvalue weighted by molar-refractivity contribution is 9.11. The van der Waals surface area contributed by atoms with Gasteiger partial charge in [0, 0.05) is 36.8 Å². The fourth-order valence-corrected chi connectivity index (χ4v) is 6.01. The predicted octanol–water partition coefficient (Wildman–Crippen LogP) is 3.70. The molecule has 3 N–H and O–H groups in total. The molecule has 9 heteroatoms. The molecule has 1 aromatic carbocycles. The summed E-state index contributed by atoms with van der Waals surface area (Å²) in [6, 6.07) is 9.09. The molecule has 3 amide bonds. The van der Waals surface area contributed by atoms with Crippen LogP contribution in [0.1, 0.15) is 57.7 Å². The van der Waals surface area contributed by atoms with Gasteiger partial charge in [0.1, 0.15) is 0 Å². The highest BCUT2D eigenvalue weighted by atomic mass is 79.9. The van der Waals surface area contributed by atoms with Crippen LogP contribution in [0.5, 0.6) is 0 Å². The fraction of sp³-hybridized carbons (Fsp3) is 0.458. The summed E-state index contributed by atoms with van der Waals surface area (Å²) >= 11 is 4.73. The van der Waals surface area contributed by atoms with E-state index in [0.29, 0.717) is 23.5 Å². The van der Waals surface area contributed by atoms with Gasteiger partial charge in [0.05, 0.1) is 14.7 Å². The Labute approximate surface area is 206 Å². The number of nitrogens with two attached hydrogens (primary N) is 1. The zero-order valence-electron chi connectivity index (χ0n) is 18.7. The molecule has 0 bridgehead atoms. The lowest BCUT2D eigenvalue weighted by Gasteiger charge is -2.36. The summed E-state index contributed by atoms with van der Waals surface area (Å²) in [4.78, 5) is 42.7. The first-order valence-electron chi connectivity index (χ1n) is 11.4. The fourth-order valence-electron chi connectivity index (χ4n) is 4.72. The molecule has 0 spiro atoms. The number of rotatable bonds is 6. The number of hydrogen-bond acceptors (Lipinski definition) is 5. The SMILES string of the molecule is Cc1cc(N2CC(NC(=O)c3ccc(Br)s3)CC2=O)ccc1C(=O)N1CCCCC1CCN. The number of benzene rings is 1. The molecule has 33 heavy (non-hydrogen) atoms. The number of likely N-dealkylation sites (tertiary alicyclic amines) is 1. The van der Waals surface area contributed by atoms with E-state index in [4.69, 9.17) is 5.73 Å². The average Bonchev–Trinajstić information content (AvgIpc) is 3.39. The third-order valence-electron chi connectivity index (χ3n) is 6.40. The van der Waals surface area contributed by atoms with Gasteiger partial charge in [-0.1, -0.05) is 0 Å². The highest BCUT2D eigenvalue weighted by Crippen LogP contribution is 2.28. The summed E-state index contributed by atoms with van der Waals surface area (Å²) in [5.41, 5.74) is 8.03. The van der Waals surface area contributed by atoms with E-state index in [-0.39, 0.29) is 36.2 Å². The van der Waals surface area contributed by atoms with E-state index >= 15 is 0 Å². The summed E-state index contributed by atoms with van der Waals surface area (Å²) in [5.74, 6) is -0.168. The van der Waals surface area contributed by atoms with E-state index in [2.05, 4.69) is 21.2 Å². The van der Waals surface area contributed by atoms with Crippen molar-refractivity contribution in [2.45, 2.75) is 51.1 Å². The van der Waals surface area contributed by atoms with Crippen molar-refractivity contribution in [1.82, 2.24) is 10.2 Å². The van der Waals surface area contributed by atoms with Crippen molar-refractivity contribution in [3.63, 3.8) is 0 Å². The summed E-state index contributed by atoms with van der Waals surface area (Å²) in [6.45, 7) is 3.66. The highest BCUT2D eigenvalue weighted by Gasteiger charge is 2.33. The first-order chi connectivity index (χ1) is 15.9. The lowest BCUT2D eigenvalue weighted by Crippen LogP contribution is -2.44. The van der Waals surface area contributed by atoms with Crippen LogP contribution in [0.4, 0.5) is 5.69 Å². The van der Waals surface area contributed by atoms with Crippen LogP contribution >= 0.6 is 27.3 Å². The third-order valence-corrected chi connectivity index (χ3v) is 8.02. The Balaban J connectivity index is 1.44. The van der Waals surface area contributed by atoms with Crippen LogP contribution < -0.4 is 16.0 Å². The Morgan fingerprint density at radius 2 is 2.06 bits per heavy atom. The van der Waals surface area contributed by atoms with Crippen molar-refractivity contribution in [2.24, 2.45) is 5.73 Å². The Hall–Kier alpha value is -2.23. The lowest BCUT2D eigenvalue weighted by atomic mass is 9.97. The first-order valence-corrected chi connectivity index (χ1v) is 13.0. The molecule has 0 aliphatic carbocycles. The number of carbonyl (C=O) groups excluding carboxylic acids is 3. The maximum Gasteiger partial charge on any atom is 0.261 e. The normalized spacial score (nSPS) is 20.9. The summed E-state index contributed by atoms with van der Waals surface area (Å²) in [7, 11) is 0. The van der Waals surface area contributed by atoms with Crippen LogP contribution in [0, 0.1) is 6.92 Å². The third kappa shape index (κ3) is 5.31. The molecule has 2 aromatic rings. The van der Waals surface area contributed by atoms with E-state index in [1.165, 1.54) is 11.3 Å². The molecule has 0 saturated carbocycles. The molecule has 176 valence electrons. The quantitative estimate of drug-likeness (QED) is 0.592. The van der Waals surface area contributed by atoms with E-state index in [9.17, 15) is 14.4 Å². The van der Waals surface area contributed by atoms with Crippen molar-refractivity contribution >= 4 is 50.7 Å². The second-order valence-electron chi connectivity index (χ2n) is 8.71. The van der Waals surface area contributed by atoms with Gasteiger partial charge >= 0.3 is 0 Å². The first kappa shape index (κ1) is 23.9. The van der Waals surface area contributed by atoms with Gasteiger partial charge in [0.25, 0.3) is 11.8 Å². The molecule has 0 radical (unpaired) electrons. The van der Waals surface area contributed by atoms with E-state index in [0.717, 1.165) is 47.3 Å². The Morgan fingerprint density at radius 1 is 1.24 bits per heavy atom. The lowest BCUT2D eigenvalue weighted by molar-refractivity contribution is -0.117. The molecule has 2 saturated heterocycles. The number of halogens is 1. The van der Waals surface area contributed by atoms with Gasteiger partial charge in [0.15, 0.2) is 0 Å². The second kappa shape index (κ2) is 10.4. The number of thiophene rings is 1. The molecule has 2 aliphatic heterocycles. The number of anilines is 1. The molecule has 2 unspecified atom stereocenters. The Kier molecular flexibility index (Phi) is 7.51. The van der Waals surface area contributed by atoms with Gasteiger partial charge in [0.2, 0.25) is 5.91 Å². The van der Waals surface area contributed by atoms with Crippen LogP contribution in [0.3, 0.4) is 0 Å². The van der Waals surface area contributed by atoms with Crippen LogP contribution in [-0.4, -0.2) is 54.3 Å². The molecule has 2 aliphatic rings. The van der Waals surface area contributed by atoms with Gasteiger partial charge < -0.3 is 20.9 Å². The molecule has 2 fully saturated rings. The van der Waals surface area contributed by atoms with Gasteiger partial charge in [-0.05, 0) is 91.0 Å². The molecule has 3 heterocycles. The summed E-state index contributed by atoms with van der Waals surface area (Å²) < 4.78 is 0.890. The Bertz CT molecular complexity index is 1050. The van der Waals surface area contributed by atoms with Crippen LogP contribution in [-0.2, 0) is 4.79 Å². The number of nitrogens with zero attached hydrogens (tertiary/aromatic N) is 2. The standard InChI is InChI=1S/C24H29BrN4O3S/c1-15-12-18(5-6-19(15)24(32)28-11-3-2-4-17(28)9-10-26)29-14-16(13-22(29)30)27-23(31)20-7-8-21(25)33-20/h5-8,12,16-17H,2-4,9-11,13-14,26H2,1H3,(H,27,31). The van der Waals surface area contributed by atoms with Gasteiger partial charge in [-0.3, -0.25) is 14.4 Å². The Morgan fingerprint density at radius 3 is 2.76 bits per heavy atom. The molecule has 4 rings (SSSR count). The van der Waals surface area contributed by atoms with Crippen molar-refractivity contribution in [3.8, 4) is 0 Å².